The number of amides is 1. The van der Waals surface area contributed by atoms with E-state index in [0.29, 0.717) is 11.3 Å². The fraction of sp³-hybridized carbons (Fsp3) is 0.300. The lowest BCUT2D eigenvalue weighted by Crippen LogP contribution is -2.18. The molecule has 3 heteroatoms. The molecule has 0 aliphatic heterocycles. The Kier molecular flexibility index (Phi) is 9.27. The predicted molar refractivity (Wildman–Crippen MR) is 56.8 cm³/mol. The molecule has 0 spiro atoms. The van der Waals surface area contributed by atoms with Crippen LogP contribution in [-0.2, 0) is 4.79 Å². The molecule has 0 bridgehead atoms. The second kappa shape index (κ2) is 8.59. The Labute approximate surface area is 79.8 Å². The zero-order chi connectivity index (χ0) is 10.9. The third-order valence-electron chi connectivity index (χ3n) is 1.17. The predicted octanol–water partition coefficient (Wildman–Crippen LogP) is 1.47. The van der Waals surface area contributed by atoms with Crippen molar-refractivity contribution in [2.24, 2.45) is 11.5 Å². The highest BCUT2D eigenvalue weighted by Gasteiger charge is 2.04. The average Bonchev–Trinajstić information content (AvgIpc) is 2.15. The molecule has 74 valence electrons. The number of primary amides is 1. The molecule has 0 aromatic rings. The first-order valence-electron chi connectivity index (χ1n) is 4.18. The van der Waals surface area contributed by atoms with Crippen molar-refractivity contribution in [2.45, 2.75) is 20.8 Å². The molecule has 0 atom stereocenters. The lowest BCUT2D eigenvalue weighted by molar-refractivity contribution is -0.114. The summed E-state index contributed by atoms with van der Waals surface area (Å²) in [6.45, 7) is 9.16. The van der Waals surface area contributed by atoms with Gasteiger partial charge < -0.3 is 11.5 Å². The molecule has 0 saturated heterocycles. The molecular weight excluding hydrogens is 164 g/mol. The van der Waals surface area contributed by atoms with Crippen molar-refractivity contribution in [1.82, 2.24) is 0 Å². The van der Waals surface area contributed by atoms with Crippen LogP contribution in [-0.4, -0.2) is 5.91 Å². The molecule has 13 heavy (non-hydrogen) atoms. The van der Waals surface area contributed by atoms with E-state index in [-0.39, 0.29) is 0 Å². The normalized spacial score (nSPS) is 11.3. The summed E-state index contributed by atoms with van der Waals surface area (Å²) in [5.41, 5.74) is 11.1. The number of nitrogens with two attached hydrogens (primary N) is 2. The van der Waals surface area contributed by atoms with Gasteiger partial charge in [0.05, 0.1) is 5.57 Å². The van der Waals surface area contributed by atoms with Crippen LogP contribution < -0.4 is 11.5 Å². The number of allylic oxidation sites excluding steroid dienone is 3. The van der Waals surface area contributed by atoms with Gasteiger partial charge in [0.1, 0.15) is 0 Å². The van der Waals surface area contributed by atoms with E-state index in [0.717, 1.165) is 0 Å². The van der Waals surface area contributed by atoms with Gasteiger partial charge in [0.25, 0.3) is 5.91 Å². The van der Waals surface area contributed by atoms with Crippen LogP contribution in [0.2, 0.25) is 0 Å². The van der Waals surface area contributed by atoms with Crippen molar-refractivity contribution in [3.05, 3.63) is 36.1 Å². The van der Waals surface area contributed by atoms with Gasteiger partial charge in [-0.3, -0.25) is 4.79 Å². The average molecular weight is 182 g/mol. The van der Waals surface area contributed by atoms with E-state index in [1.807, 2.05) is 13.8 Å². The fourth-order valence-corrected chi connectivity index (χ4v) is 0.594. The maximum absolute atomic E-state index is 10.7. The van der Waals surface area contributed by atoms with Crippen LogP contribution in [0.15, 0.2) is 36.1 Å². The molecule has 0 aromatic carbocycles. The van der Waals surface area contributed by atoms with Crippen molar-refractivity contribution in [1.29, 1.82) is 0 Å². The van der Waals surface area contributed by atoms with Crippen LogP contribution in [0.25, 0.3) is 0 Å². The summed E-state index contributed by atoms with van der Waals surface area (Å²) < 4.78 is 0. The molecule has 0 heterocycles. The quantitative estimate of drug-likeness (QED) is 0.512. The molecule has 3 nitrogen and oxygen atoms in total. The SMILES string of the molecule is C=C/C=C(C(N)=O)\C(N)=C/C.CC. The largest absolute Gasteiger partial charge is 0.398 e. The highest BCUT2D eigenvalue weighted by molar-refractivity contribution is 5.96. The van der Waals surface area contributed by atoms with Crippen molar-refractivity contribution in [2.75, 3.05) is 0 Å². The molecular formula is C10H18N2O. The number of rotatable bonds is 3. The van der Waals surface area contributed by atoms with Crippen LogP contribution in [0.3, 0.4) is 0 Å². The molecule has 0 aliphatic carbocycles. The Morgan fingerprint density at radius 2 is 1.77 bits per heavy atom. The summed E-state index contributed by atoms with van der Waals surface area (Å²) in [7, 11) is 0. The Morgan fingerprint density at radius 3 is 2.00 bits per heavy atom. The van der Waals surface area contributed by atoms with Crippen LogP contribution in [0, 0.1) is 0 Å². The molecule has 0 radical (unpaired) electrons. The summed E-state index contributed by atoms with van der Waals surface area (Å²) in [4.78, 5) is 10.7. The maximum atomic E-state index is 10.7. The Bertz CT molecular complexity index is 227. The summed E-state index contributed by atoms with van der Waals surface area (Å²) in [6, 6.07) is 0. The van der Waals surface area contributed by atoms with Gasteiger partial charge in [0.2, 0.25) is 0 Å². The van der Waals surface area contributed by atoms with Gasteiger partial charge in [-0.15, -0.1) is 0 Å². The molecule has 1 amide bonds. The second-order valence-corrected chi connectivity index (χ2v) is 1.92. The van der Waals surface area contributed by atoms with Gasteiger partial charge in [0.15, 0.2) is 0 Å². The zero-order valence-corrected chi connectivity index (χ0v) is 8.50. The van der Waals surface area contributed by atoms with Gasteiger partial charge in [0, 0.05) is 5.70 Å². The van der Waals surface area contributed by atoms with Crippen LogP contribution in [0.5, 0.6) is 0 Å². The summed E-state index contributed by atoms with van der Waals surface area (Å²) in [5.74, 6) is -0.541. The molecule has 0 saturated carbocycles. The van der Waals surface area contributed by atoms with E-state index >= 15 is 0 Å². The first kappa shape index (κ1) is 14.0. The highest BCUT2D eigenvalue weighted by Crippen LogP contribution is 2.02. The van der Waals surface area contributed by atoms with Crippen molar-refractivity contribution in [3.8, 4) is 0 Å². The standard InChI is InChI=1S/C8H12N2O.C2H6/c1-3-5-6(8(10)11)7(9)4-2;1-2/h3-5H,1,9H2,2H3,(H2,10,11);1-2H3/b6-5+,7-4+;. The van der Waals surface area contributed by atoms with Crippen molar-refractivity contribution in [3.63, 3.8) is 0 Å². The minimum Gasteiger partial charge on any atom is -0.398 e. The van der Waals surface area contributed by atoms with E-state index < -0.39 is 5.91 Å². The van der Waals surface area contributed by atoms with Gasteiger partial charge in [-0.2, -0.15) is 0 Å². The zero-order valence-electron chi connectivity index (χ0n) is 8.50. The number of hydrogen-bond donors (Lipinski definition) is 2. The van der Waals surface area contributed by atoms with Crippen molar-refractivity contribution < 1.29 is 4.79 Å². The summed E-state index contributed by atoms with van der Waals surface area (Å²) in [5, 5.41) is 0. The number of carbonyl (C=O) groups excluding carboxylic acids is 1. The lowest BCUT2D eigenvalue weighted by atomic mass is 10.1. The summed E-state index contributed by atoms with van der Waals surface area (Å²) >= 11 is 0. The van der Waals surface area contributed by atoms with Crippen LogP contribution in [0.1, 0.15) is 20.8 Å². The third-order valence-corrected chi connectivity index (χ3v) is 1.17. The minimum atomic E-state index is -0.541. The molecule has 4 N–H and O–H groups in total. The smallest absolute Gasteiger partial charge is 0.250 e. The third kappa shape index (κ3) is 5.73. The molecule has 0 aromatic heterocycles. The van der Waals surface area contributed by atoms with Gasteiger partial charge in [-0.1, -0.05) is 32.6 Å². The van der Waals surface area contributed by atoms with E-state index in [2.05, 4.69) is 6.58 Å². The lowest BCUT2D eigenvalue weighted by Gasteiger charge is -2.00. The van der Waals surface area contributed by atoms with E-state index in [9.17, 15) is 4.79 Å². The molecule has 0 aliphatic rings. The second-order valence-electron chi connectivity index (χ2n) is 1.92. The first-order chi connectivity index (χ1) is 6.13. The number of hydrogen-bond acceptors (Lipinski definition) is 2. The molecule has 0 unspecified atom stereocenters. The molecule has 0 fully saturated rings. The summed E-state index contributed by atoms with van der Waals surface area (Å²) in [6.07, 6.45) is 4.56. The van der Waals surface area contributed by atoms with E-state index in [4.69, 9.17) is 11.5 Å². The Morgan fingerprint density at radius 1 is 1.31 bits per heavy atom. The van der Waals surface area contributed by atoms with E-state index in [1.54, 1.807) is 13.0 Å². The monoisotopic (exact) mass is 182 g/mol. The molecule has 0 rings (SSSR count). The minimum absolute atomic E-state index is 0.294. The van der Waals surface area contributed by atoms with Gasteiger partial charge >= 0.3 is 0 Å². The first-order valence-corrected chi connectivity index (χ1v) is 4.18. The highest BCUT2D eigenvalue weighted by atomic mass is 16.1. The maximum Gasteiger partial charge on any atom is 0.250 e. The van der Waals surface area contributed by atoms with Gasteiger partial charge in [-0.25, -0.2) is 0 Å². The topological polar surface area (TPSA) is 69.1 Å². The van der Waals surface area contributed by atoms with Crippen LogP contribution in [0.4, 0.5) is 0 Å². The van der Waals surface area contributed by atoms with Gasteiger partial charge in [-0.05, 0) is 13.0 Å². The van der Waals surface area contributed by atoms with Crippen LogP contribution >= 0.6 is 0 Å². The Balaban J connectivity index is 0. The van der Waals surface area contributed by atoms with E-state index in [1.165, 1.54) is 12.2 Å². The number of carbonyl (C=O) groups is 1. The fourth-order valence-electron chi connectivity index (χ4n) is 0.594. The van der Waals surface area contributed by atoms with Crippen molar-refractivity contribution >= 4 is 5.91 Å². The Hall–Kier alpha value is -1.51.